The van der Waals surface area contributed by atoms with Crippen molar-refractivity contribution in [2.75, 3.05) is 20.2 Å². The van der Waals surface area contributed by atoms with Gasteiger partial charge in [-0.25, -0.2) is 0 Å². The van der Waals surface area contributed by atoms with Gasteiger partial charge in [0, 0.05) is 18.2 Å². The summed E-state index contributed by atoms with van der Waals surface area (Å²) in [4.78, 5) is 2.37. The van der Waals surface area contributed by atoms with Crippen LogP contribution in [-0.2, 0) is 17.9 Å². The van der Waals surface area contributed by atoms with Crippen LogP contribution in [0.25, 0.3) is 0 Å². The first-order chi connectivity index (χ1) is 8.20. The molecule has 0 atom stereocenters. The lowest BCUT2D eigenvalue weighted by Crippen LogP contribution is -2.25. The summed E-state index contributed by atoms with van der Waals surface area (Å²) in [6.45, 7) is 4.80. The smallest absolute Gasteiger partial charge is 0.118 e. The summed E-state index contributed by atoms with van der Waals surface area (Å²) in [6, 6.07) is 2.79. The highest BCUT2D eigenvalue weighted by Gasteiger charge is 2.25. The van der Waals surface area contributed by atoms with Crippen LogP contribution < -0.4 is 5.73 Å². The number of hydrogen-bond donors (Lipinski definition) is 1. The summed E-state index contributed by atoms with van der Waals surface area (Å²) >= 11 is 0. The Kier molecular flexibility index (Phi) is 4.20. The summed E-state index contributed by atoms with van der Waals surface area (Å²) in [6.07, 6.45) is 2.69. The van der Waals surface area contributed by atoms with Gasteiger partial charge in [-0.1, -0.05) is 0 Å². The lowest BCUT2D eigenvalue weighted by Gasteiger charge is -2.15. The predicted octanol–water partition coefficient (Wildman–Crippen LogP) is 1.66. The van der Waals surface area contributed by atoms with Gasteiger partial charge in [-0.15, -0.1) is 0 Å². The van der Waals surface area contributed by atoms with Gasteiger partial charge in [0.15, 0.2) is 0 Å². The van der Waals surface area contributed by atoms with Crippen molar-refractivity contribution in [2.45, 2.75) is 39.0 Å². The number of likely N-dealkylation sites (N-methyl/N-ethyl adjacent to an activating group) is 1. The Bertz CT molecular complexity index is 358. The van der Waals surface area contributed by atoms with Crippen LogP contribution in [-0.4, -0.2) is 31.1 Å². The number of nitrogens with zero attached hydrogens (tertiary/aromatic N) is 1. The Balaban J connectivity index is 1.68. The molecule has 1 saturated carbocycles. The van der Waals surface area contributed by atoms with Gasteiger partial charge in [0.1, 0.15) is 11.5 Å². The van der Waals surface area contributed by atoms with Crippen LogP contribution in [0.4, 0.5) is 0 Å². The molecule has 0 radical (unpaired) electrons. The number of ether oxygens (including phenoxy) is 1. The van der Waals surface area contributed by atoms with Crippen molar-refractivity contribution < 1.29 is 9.15 Å². The van der Waals surface area contributed by atoms with Crippen LogP contribution in [0.3, 0.4) is 0 Å². The molecule has 1 aliphatic carbocycles. The molecule has 2 rings (SSSR count). The number of hydrogen-bond acceptors (Lipinski definition) is 4. The maximum atomic E-state index is 5.66. The van der Waals surface area contributed by atoms with E-state index < -0.39 is 0 Å². The summed E-state index contributed by atoms with van der Waals surface area (Å²) in [5.41, 5.74) is 6.64. The molecule has 1 heterocycles. The molecule has 17 heavy (non-hydrogen) atoms. The van der Waals surface area contributed by atoms with Crippen molar-refractivity contribution in [2.24, 2.45) is 5.73 Å². The highest BCUT2D eigenvalue weighted by Crippen LogP contribution is 2.24. The van der Waals surface area contributed by atoms with Crippen LogP contribution in [0, 0.1) is 6.92 Å². The zero-order chi connectivity index (χ0) is 12.3. The van der Waals surface area contributed by atoms with Gasteiger partial charge in [-0.2, -0.15) is 0 Å². The third kappa shape index (κ3) is 3.56. The fourth-order valence-corrected chi connectivity index (χ4v) is 1.92. The molecule has 0 amide bonds. The quantitative estimate of drug-likeness (QED) is 0.734. The Morgan fingerprint density at radius 1 is 1.53 bits per heavy atom. The minimum absolute atomic E-state index is 0.450. The van der Waals surface area contributed by atoms with E-state index in [9.17, 15) is 0 Å². The second-order valence-corrected chi connectivity index (χ2v) is 4.76. The van der Waals surface area contributed by atoms with Gasteiger partial charge in [0.25, 0.3) is 0 Å². The molecule has 0 saturated heterocycles. The largest absolute Gasteiger partial charge is 0.465 e. The molecule has 4 heteroatoms. The third-order valence-corrected chi connectivity index (χ3v) is 3.29. The van der Waals surface area contributed by atoms with Crippen molar-refractivity contribution >= 4 is 0 Å². The summed E-state index contributed by atoms with van der Waals surface area (Å²) in [5, 5.41) is 0. The van der Waals surface area contributed by atoms with Gasteiger partial charge in [-0.3, -0.25) is 0 Å². The Morgan fingerprint density at radius 2 is 2.29 bits per heavy atom. The average molecular weight is 238 g/mol. The van der Waals surface area contributed by atoms with Crippen LogP contribution in [0.2, 0.25) is 0 Å². The molecule has 0 bridgehead atoms. The van der Waals surface area contributed by atoms with E-state index in [0.29, 0.717) is 13.2 Å². The fourth-order valence-electron chi connectivity index (χ4n) is 1.92. The molecule has 0 aliphatic heterocycles. The molecule has 2 N–H and O–H groups in total. The molecule has 1 aromatic heterocycles. The normalized spacial score (nSPS) is 15.8. The van der Waals surface area contributed by atoms with Crippen LogP contribution in [0.1, 0.15) is 29.9 Å². The molecular formula is C13H22N2O2. The number of rotatable bonds is 7. The SMILES string of the molecule is Cc1oc(CN)cc1COCCN(C)C1CC1. The predicted molar refractivity (Wildman–Crippen MR) is 66.6 cm³/mol. The van der Waals surface area contributed by atoms with Gasteiger partial charge in [0.2, 0.25) is 0 Å². The maximum absolute atomic E-state index is 5.66. The van der Waals surface area contributed by atoms with E-state index in [0.717, 1.165) is 36.3 Å². The van der Waals surface area contributed by atoms with E-state index in [1.54, 1.807) is 0 Å². The minimum Gasteiger partial charge on any atom is -0.465 e. The highest BCUT2D eigenvalue weighted by molar-refractivity contribution is 5.19. The summed E-state index contributed by atoms with van der Waals surface area (Å²) in [7, 11) is 2.16. The van der Waals surface area contributed by atoms with Gasteiger partial charge < -0.3 is 19.8 Å². The molecule has 1 fully saturated rings. The molecule has 96 valence electrons. The van der Waals surface area contributed by atoms with E-state index in [4.69, 9.17) is 14.9 Å². The number of furan rings is 1. The second-order valence-electron chi connectivity index (χ2n) is 4.76. The Hall–Kier alpha value is -0.840. The van der Waals surface area contributed by atoms with E-state index in [2.05, 4.69) is 11.9 Å². The lowest BCUT2D eigenvalue weighted by molar-refractivity contribution is 0.0971. The van der Waals surface area contributed by atoms with Crippen LogP contribution in [0.15, 0.2) is 10.5 Å². The van der Waals surface area contributed by atoms with Crippen LogP contribution >= 0.6 is 0 Å². The van der Waals surface area contributed by atoms with E-state index in [1.165, 1.54) is 12.8 Å². The lowest BCUT2D eigenvalue weighted by atomic mass is 10.2. The molecular weight excluding hydrogens is 216 g/mol. The Labute approximate surface area is 103 Å². The topological polar surface area (TPSA) is 51.6 Å². The van der Waals surface area contributed by atoms with Crippen molar-refractivity contribution in [1.82, 2.24) is 4.90 Å². The first-order valence-electron chi connectivity index (χ1n) is 6.27. The van der Waals surface area contributed by atoms with Gasteiger partial charge in [-0.05, 0) is 32.9 Å². The zero-order valence-corrected chi connectivity index (χ0v) is 10.7. The van der Waals surface area contributed by atoms with E-state index >= 15 is 0 Å². The number of nitrogens with two attached hydrogens (primary N) is 1. The standard InChI is InChI=1S/C13H22N2O2/c1-10-11(7-13(8-14)17-10)9-16-6-5-15(2)12-3-4-12/h7,12H,3-6,8-9,14H2,1-2H3. The second kappa shape index (κ2) is 5.67. The Morgan fingerprint density at radius 3 is 2.88 bits per heavy atom. The monoisotopic (exact) mass is 238 g/mol. The van der Waals surface area contributed by atoms with Crippen molar-refractivity contribution in [3.63, 3.8) is 0 Å². The van der Waals surface area contributed by atoms with E-state index in [1.807, 2.05) is 13.0 Å². The van der Waals surface area contributed by atoms with Crippen molar-refractivity contribution in [3.05, 3.63) is 23.2 Å². The molecule has 4 nitrogen and oxygen atoms in total. The van der Waals surface area contributed by atoms with Crippen molar-refractivity contribution in [1.29, 1.82) is 0 Å². The van der Waals surface area contributed by atoms with E-state index in [-0.39, 0.29) is 0 Å². The van der Waals surface area contributed by atoms with Crippen LogP contribution in [0.5, 0.6) is 0 Å². The first-order valence-corrected chi connectivity index (χ1v) is 6.27. The number of aryl methyl sites for hydroxylation is 1. The molecule has 0 spiro atoms. The zero-order valence-electron chi connectivity index (χ0n) is 10.7. The first kappa shape index (κ1) is 12.6. The third-order valence-electron chi connectivity index (χ3n) is 3.29. The highest BCUT2D eigenvalue weighted by atomic mass is 16.5. The summed E-state index contributed by atoms with van der Waals surface area (Å²) in [5.74, 6) is 1.75. The summed E-state index contributed by atoms with van der Waals surface area (Å²) < 4.78 is 11.1. The minimum atomic E-state index is 0.450. The molecule has 0 unspecified atom stereocenters. The van der Waals surface area contributed by atoms with Gasteiger partial charge >= 0.3 is 0 Å². The molecule has 0 aromatic carbocycles. The maximum Gasteiger partial charge on any atom is 0.118 e. The average Bonchev–Trinajstić information content (AvgIpc) is 3.10. The fraction of sp³-hybridized carbons (Fsp3) is 0.692. The molecule has 1 aliphatic rings. The van der Waals surface area contributed by atoms with Gasteiger partial charge in [0.05, 0.1) is 19.8 Å². The molecule has 1 aromatic rings. The van der Waals surface area contributed by atoms with Crippen molar-refractivity contribution in [3.8, 4) is 0 Å².